The molecule has 0 bridgehead atoms. The molecule has 0 aromatic heterocycles. The van der Waals surface area contributed by atoms with Crippen LogP contribution in [0.4, 0.5) is 4.79 Å². The molecule has 1 aliphatic rings. The van der Waals surface area contributed by atoms with Crippen molar-refractivity contribution in [3.05, 3.63) is 0 Å². The van der Waals surface area contributed by atoms with Crippen molar-refractivity contribution in [2.45, 2.75) is 32.2 Å². The zero-order chi connectivity index (χ0) is 15.7. The van der Waals surface area contributed by atoms with Crippen LogP contribution < -0.4 is 11.1 Å². The molecular weight excluding hydrogens is 270 g/mol. The number of nitrogens with zero attached hydrogens (tertiary/aromatic N) is 3. The van der Waals surface area contributed by atoms with Crippen molar-refractivity contribution in [2.24, 2.45) is 10.7 Å². The van der Waals surface area contributed by atoms with E-state index in [2.05, 4.69) is 15.2 Å². The summed E-state index contributed by atoms with van der Waals surface area (Å²) in [6.45, 7) is 5.38. The van der Waals surface area contributed by atoms with Gasteiger partial charge in [0, 0.05) is 25.7 Å². The van der Waals surface area contributed by atoms with Crippen molar-refractivity contribution in [3.63, 3.8) is 0 Å². The summed E-state index contributed by atoms with van der Waals surface area (Å²) in [5, 5.41) is 3.23. The minimum Gasteiger partial charge on any atom is -0.450 e. The minimum absolute atomic E-state index is 0.221. The molecule has 0 unspecified atom stereocenters. The second-order valence-corrected chi connectivity index (χ2v) is 5.53. The molecule has 7 nitrogen and oxygen atoms in total. The number of carbonyl (C=O) groups is 1. The number of ether oxygens (including phenoxy) is 1. The Balaban J connectivity index is 2.22. The van der Waals surface area contributed by atoms with Gasteiger partial charge in [0.15, 0.2) is 5.96 Å². The van der Waals surface area contributed by atoms with E-state index >= 15 is 0 Å². The Bertz CT molecular complexity index is 338. The van der Waals surface area contributed by atoms with Gasteiger partial charge in [-0.15, -0.1) is 0 Å². The van der Waals surface area contributed by atoms with Gasteiger partial charge in [0.1, 0.15) is 0 Å². The Kier molecular flexibility index (Phi) is 7.89. The topological polar surface area (TPSA) is 83.2 Å². The summed E-state index contributed by atoms with van der Waals surface area (Å²) in [6.07, 6.45) is 2.51. The fraction of sp³-hybridized carbons (Fsp3) is 0.857. The minimum atomic E-state index is -0.221. The van der Waals surface area contributed by atoms with E-state index in [-0.39, 0.29) is 12.1 Å². The summed E-state index contributed by atoms with van der Waals surface area (Å²) in [4.78, 5) is 19.8. The van der Waals surface area contributed by atoms with Crippen LogP contribution in [-0.2, 0) is 4.74 Å². The Morgan fingerprint density at radius 1 is 1.43 bits per heavy atom. The summed E-state index contributed by atoms with van der Waals surface area (Å²) in [5.74, 6) is 0.503. The monoisotopic (exact) mass is 299 g/mol. The molecule has 0 aromatic carbocycles. The van der Waals surface area contributed by atoms with Gasteiger partial charge in [-0.25, -0.2) is 4.79 Å². The Morgan fingerprint density at radius 2 is 2.10 bits per heavy atom. The Hall–Kier alpha value is -1.50. The first-order valence-corrected chi connectivity index (χ1v) is 7.65. The molecule has 0 saturated carbocycles. The predicted octanol–water partition coefficient (Wildman–Crippen LogP) is 0.463. The molecule has 0 aromatic rings. The number of hydrogen-bond donors (Lipinski definition) is 2. The molecule has 0 atom stereocenters. The van der Waals surface area contributed by atoms with Crippen LogP contribution in [0.3, 0.4) is 0 Å². The van der Waals surface area contributed by atoms with Gasteiger partial charge >= 0.3 is 6.09 Å². The van der Waals surface area contributed by atoms with Gasteiger partial charge in [-0.2, -0.15) is 0 Å². The van der Waals surface area contributed by atoms with Gasteiger partial charge in [0.05, 0.1) is 6.61 Å². The van der Waals surface area contributed by atoms with Gasteiger partial charge in [-0.1, -0.05) is 0 Å². The van der Waals surface area contributed by atoms with Gasteiger partial charge in [-0.3, -0.25) is 4.99 Å². The van der Waals surface area contributed by atoms with Crippen LogP contribution in [0.5, 0.6) is 0 Å². The number of amides is 1. The van der Waals surface area contributed by atoms with Crippen LogP contribution >= 0.6 is 0 Å². The van der Waals surface area contributed by atoms with Crippen molar-refractivity contribution in [1.29, 1.82) is 0 Å². The summed E-state index contributed by atoms with van der Waals surface area (Å²) in [7, 11) is 4.09. The molecule has 0 aliphatic carbocycles. The summed E-state index contributed by atoms with van der Waals surface area (Å²) in [5.41, 5.74) is 5.88. The molecule has 3 N–H and O–H groups in total. The maximum absolute atomic E-state index is 11.6. The first-order chi connectivity index (χ1) is 10.0. The highest BCUT2D eigenvalue weighted by atomic mass is 16.6. The Morgan fingerprint density at radius 3 is 2.67 bits per heavy atom. The molecule has 7 heteroatoms. The van der Waals surface area contributed by atoms with Crippen molar-refractivity contribution < 1.29 is 9.53 Å². The number of hydrogen-bond acceptors (Lipinski definition) is 4. The van der Waals surface area contributed by atoms with E-state index in [1.54, 1.807) is 4.90 Å². The lowest BCUT2D eigenvalue weighted by Gasteiger charge is -2.31. The summed E-state index contributed by atoms with van der Waals surface area (Å²) < 4.78 is 5.00. The summed E-state index contributed by atoms with van der Waals surface area (Å²) in [6, 6.07) is 0.285. The number of aliphatic imine (C=N–C) groups is 1. The normalized spacial score (nSPS) is 17.1. The standard InChI is InChI=1S/C14H29N5O2/c1-4-21-14(20)19-10-6-12(7-11-19)17-13(15)16-8-5-9-18(2)3/h12H,4-11H2,1-3H3,(H3,15,16,17). The van der Waals surface area contributed by atoms with E-state index in [0.717, 1.165) is 32.4 Å². The van der Waals surface area contributed by atoms with Crippen LogP contribution in [0.15, 0.2) is 4.99 Å². The fourth-order valence-electron chi connectivity index (χ4n) is 2.26. The quantitative estimate of drug-likeness (QED) is 0.423. The van der Waals surface area contributed by atoms with E-state index in [1.165, 1.54) is 0 Å². The molecule has 1 saturated heterocycles. The smallest absolute Gasteiger partial charge is 0.409 e. The highest BCUT2D eigenvalue weighted by molar-refractivity contribution is 5.78. The fourth-order valence-corrected chi connectivity index (χ4v) is 2.26. The van der Waals surface area contributed by atoms with Gasteiger partial charge in [0.25, 0.3) is 0 Å². The van der Waals surface area contributed by atoms with E-state index in [9.17, 15) is 4.79 Å². The van der Waals surface area contributed by atoms with E-state index in [0.29, 0.717) is 25.7 Å². The number of rotatable bonds is 6. The number of nitrogens with one attached hydrogen (secondary N) is 1. The predicted molar refractivity (Wildman–Crippen MR) is 84.4 cm³/mol. The number of piperidine rings is 1. The number of carbonyl (C=O) groups excluding carboxylic acids is 1. The second kappa shape index (κ2) is 9.44. The van der Waals surface area contributed by atoms with E-state index in [4.69, 9.17) is 10.5 Å². The third kappa shape index (κ3) is 7.17. The third-order valence-electron chi connectivity index (χ3n) is 3.42. The molecule has 1 fully saturated rings. The van der Waals surface area contributed by atoms with Crippen LogP contribution in [-0.4, -0.2) is 74.8 Å². The molecule has 1 rings (SSSR count). The first kappa shape index (κ1) is 17.6. The largest absolute Gasteiger partial charge is 0.450 e. The lowest BCUT2D eigenvalue weighted by molar-refractivity contribution is 0.0963. The van der Waals surface area contributed by atoms with Crippen molar-refractivity contribution in [2.75, 3.05) is 46.9 Å². The summed E-state index contributed by atoms with van der Waals surface area (Å²) >= 11 is 0. The van der Waals surface area contributed by atoms with E-state index in [1.807, 2.05) is 21.0 Å². The number of nitrogens with two attached hydrogens (primary N) is 1. The SMILES string of the molecule is CCOC(=O)N1CCC(NC(N)=NCCCN(C)C)CC1. The Labute approximate surface area is 127 Å². The second-order valence-electron chi connectivity index (χ2n) is 5.53. The first-order valence-electron chi connectivity index (χ1n) is 7.65. The van der Waals surface area contributed by atoms with Gasteiger partial charge in [0.2, 0.25) is 0 Å². The molecule has 21 heavy (non-hydrogen) atoms. The third-order valence-corrected chi connectivity index (χ3v) is 3.42. The zero-order valence-corrected chi connectivity index (χ0v) is 13.5. The maximum atomic E-state index is 11.6. The lowest BCUT2D eigenvalue weighted by atomic mass is 10.1. The van der Waals surface area contributed by atoms with Crippen LogP contribution in [0.1, 0.15) is 26.2 Å². The highest BCUT2D eigenvalue weighted by Crippen LogP contribution is 2.11. The number of likely N-dealkylation sites (tertiary alicyclic amines) is 1. The lowest BCUT2D eigenvalue weighted by Crippen LogP contribution is -2.48. The number of guanidine groups is 1. The molecule has 1 heterocycles. The average Bonchev–Trinajstić information content (AvgIpc) is 2.44. The average molecular weight is 299 g/mol. The van der Waals surface area contributed by atoms with Crippen LogP contribution in [0.25, 0.3) is 0 Å². The van der Waals surface area contributed by atoms with Crippen LogP contribution in [0.2, 0.25) is 0 Å². The highest BCUT2D eigenvalue weighted by Gasteiger charge is 2.23. The van der Waals surface area contributed by atoms with E-state index < -0.39 is 0 Å². The molecular formula is C14H29N5O2. The van der Waals surface area contributed by atoms with Crippen LogP contribution in [0, 0.1) is 0 Å². The molecule has 1 amide bonds. The van der Waals surface area contributed by atoms with Gasteiger partial charge < -0.3 is 25.6 Å². The van der Waals surface area contributed by atoms with Crippen molar-refractivity contribution >= 4 is 12.1 Å². The molecule has 1 aliphatic heterocycles. The molecule has 122 valence electrons. The van der Waals surface area contributed by atoms with Crippen molar-refractivity contribution in [1.82, 2.24) is 15.1 Å². The molecule has 0 radical (unpaired) electrons. The zero-order valence-electron chi connectivity index (χ0n) is 13.5. The van der Waals surface area contributed by atoms with Crippen molar-refractivity contribution in [3.8, 4) is 0 Å². The van der Waals surface area contributed by atoms with Gasteiger partial charge in [-0.05, 0) is 46.8 Å². The maximum Gasteiger partial charge on any atom is 0.409 e. The molecule has 0 spiro atoms.